The van der Waals surface area contributed by atoms with Gasteiger partial charge in [-0.15, -0.1) is 0 Å². The van der Waals surface area contributed by atoms with Gasteiger partial charge in [-0.1, -0.05) is 95.9 Å². The second-order valence-electron chi connectivity index (χ2n) is 33.8. The Labute approximate surface area is 732 Å². The number of imide groups is 1. The van der Waals surface area contributed by atoms with Crippen molar-refractivity contribution >= 4 is 47.6 Å². The molecule has 2 aromatic heterocycles. The number of hydrogen-bond donors (Lipinski definition) is 8. The number of amides is 2. The second-order valence-corrected chi connectivity index (χ2v) is 33.8. The van der Waals surface area contributed by atoms with Crippen molar-refractivity contribution in [3.63, 3.8) is 0 Å². The first-order valence-corrected chi connectivity index (χ1v) is 39.8. The molecule has 3 saturated heterocycles. The molecule has 11 rings (SSSR count). The van der Waals surface area contributed by atoms with E-state index in [1.165, 1.54) is 72.7 Å². The molecule has 9 N–H and O–H groups in total. The SMILES string of the molecule is CCC(C)(C)C(C(=O)Oc1ccc(-c2nc(-c3ccc(OC)cc3)nc(-c3ccc(O)cc3O)n2)c(O)c1)C(CC(C)(C)C1C(=O)N(CCCN(C)C)C(=O)C1CC(C)(C)C1C(=O)OC(=O)C1C)C(=O)[O-].CCC(C)(C)C1C(=O)OC(=O)C1C.CN(C)CCCN.COc1ccc(-c2nc(-c3ccc(O)cc3O)nc(-c3ccc(O)cc3O)n2)cc1.[Na+]. The number of aliphatic carboxylic acids is 1. The third-order valence-electron chi connectivity index (χ3n) is 22.7. The molecular formula is C90H111N10NaO21. The van der Waals surface area contributed by atoms with Crippen LogP contribution in [0.3, 0.4) is 0 Å². The molecule has 0 bridgehead atoms. The van der Waals surface area contributed by atoms with Gasteiger partial charge in [-0.25, -0.2) is 29.9 Å². The summed E-state index contributed by atoms with van der Waals surface area (Å²) in [5, 5.41) is 85.4. The summed E-state index contributed by atoms with van der Waals surface area (Å²) < 4.78 is 26.0. The normalized spacial score (nSPS) is 17.7. The Hall–Kier alpha value is -11.2. The van der Waals surface area contributed by atoms with Crippen LogP contribution in [0.15, 0.2) is 121 Å². The largest absolute Gasteiger partial charge is 1.00 e. The molecular weight excluding hydrogens is 1580 g/mol. The van der Waals surface area contributed by atoms with Crippen LogP contribution in [-0.2, 0) is 47.8 Å². The molecule has 648 valence electrons. The van der Waals surface area contributed by atoms with Gasteiger partial charge in [0.1, 0.15) is 57.5 Å². The summed E-state index contributed by atoms with van der Waals surface area (Å²) in [7, 11) is 10.9. The number of nitrogens with zero attached hydrogens (tertiary/aromatic N) is 9. The number of ether oxygens (including phenoxy) is 5. The summed E-state index contributed by atoms with van der Waals surface area (Å²) in [5.74, 6) is -12.6. The number of carbonyl (C=O) groups excluding carboxylic acids is 8. The van der Waals surface area contributed by atoms with E-state index in [2.05, 4.69) is 53.6 Å². The summed E-state index contributed by atoms with van der Waals surface area (Å²) in [6, 6.07) is 29.9. The summed E-state index contributed by atoms with van der Waals surface area (Å²) in [6.45, 7) is 24.1. The fourth-order valence-corrected chi connectivity index (χ4v) is 15.5. The van der Waals surface area contributed by atoms with E-state index in [0.29, 0.717) is 47.8 Å². The molecule has 0 spiro atoms. The van der Waals surface area contributed by atoms with Crippen molar-refractivity contribution < 1.29 is 132 Å². The zero-order chi connectivity index (χ0) is 89.7. The smallest absolute Gasteiger partial charge is 0.550 e. The fourth-order valence-electron chi connectivity index (χ4n) is 15.5. The van der Waals surface area contributed by atoms with Crippen LogP contribution in [0.4, 0.5) is 0 Å². The number of benzene rings is 6. The minimum Gasteiger partial charge on any atom is -0.550 e. The quantitative estimate of drug-likeness (QED) is 0.00716. The molecule has 8 unspecified atom stereocenters. The first kappa shape index (κ1) is 97.9. The molecule has 3 aliphatic heterocycles. The number of methoxy groups -OCH3 is 2. The second kappa shape index (κ2) is 41.6. The Morgan fingerprint density at radius 2 is 0.861 bits per heavy atom. The molecule has 8 aromatic rings. The van der Waals surface area contributed by atoms with E-state index in [9.17, 15) is 79.2 Å². The minimum absolute atomic E-state index is 0. The van der Waals surface area contributed by atoms with Crippen LogP contribution in [0.2, 0.25) is 0 Å². The summed E-state index contributed by atoms with van der Waals surface area (Å²) in [4.78, 5) is 137. The third kappa shape index (κ3) is 23.7. The Bertz CT molecular complexity index is 5010. The van der Waals surface area contributed by atoms with Crippen molar-refractivity contribution in [2.24, 2.45) is 74.7 Å². The monoisotopic (exact) mass is 1690 g/mol. The van der Waals surface area contributed by atoms with Gasteiger partial charge in [0, 0.05) is 53.8 Å². The Balaban J connectivity index is 0.000000323. The van der Waals surface area contributed by atoms with Gasteiger partial charge in [0.15, 0.2) is 34.9 Å². The number of esters is 5. The molecule has 3 aliphatic rings. The number of carboxylic acid groups (broad SMARTS) is 1. The van der Waals surface area contributed by atoms with Crippen molar-refractivity contribution in [3.8, 4) is 126 Å². The number of cyclic esters (lactones) is 4. The number of carbonyl (C=O) groups is 8. The zero-order valence-electron chi connectivity index (χ0n) is 72.7. The van der Waals surface area contributed by atoms with Crippen molar-refractivity contribution in [2.45, 2.75) is 122 Å². The van der Waals surface area contributed by atoms with Gasteiger partial charge in [0.05, 0.1) is 77.9 Å². The van der Waals surface area contributed by atoms with Crippen molar-refractivity contribution in [2.75, 3.05) is 68.6 Å². The van der Waals surface area contributed by atoms with Crippen LogP contribution < -0.4 is 54.6 Å². The third-order valence-corrected chi connectivity index (χ3v) is 22.7. The maximum absolute atomic E-state index is 14.6. The number of rotatable bonds is 29. The van der Waals surface area contributed by atoms with Crippen LogP contribution >= 0.6 is 0 Å². The van der Waals surface area contributed by atoms with Gasteiger partial charge in [0.25, 0.3) is 0 Å². The van der Waals surface area contributed by atoms with Crippen molar-refractivity contribution in [3.05, 3.63) is 121 Å². The predicted molar refractivity (Wildman–Crippen MR) is 446 cm³/mol. The van der Waals surface area contributed by atoms with Gasteiger partial charge in [-0.2, -0.15) is 0 Å². The molecule has 0 radical (unpaired) electrons. The zero-order valence-corrected chi connectivity index (χ0v) is 74.7. The first-order valence-electron chi connectivity index (χ1n) is 39.8. The van der Waals surface area contributed by atoms with Crippen molar-refractivity contribution in [1.29, 1.82) is 0 Å². The summed E-state index contributed by atoms with van der Waals surface area (Å²) in [6.07, 6.45) is 2.45. The van der Waals surface area contributed by atoms with E-state index in [1.807, 2.05) is 39.8 Å². The molecule has 0 saturated carbocycles. The maximum Gasteiger partial charge on any atom is 1.00 e. The molecule has 5 heterocycles. The number of aromatic nitrogens is 6. The molecule has 31 nitrogen and oxygen atoms in total. The number of aromatic hydroxyl groups is 7. The van der Waals surface area contributed by atoms with Gasteiger partial charge >= 0.3 is 59.4 Å². The summed E-state index contributed by atoms with van der Waals surface area (Å²) >= 11 is 0. The van der Waals surface area contributed by atoms with Gasteiger partial charge < -0.3 is 84.9 Å². The molecule has 8 atom stereocenters. The van der Waals surface area contributed by atoms with E-state index >= 15 is 0 Å². The van der Waals surface area contributed by atoms with E-state index in [0.717, 1.165) is 38.1 Å². The van der Waals surface area contributed by atoms with Crippen LogP contribution in [0, 0.1) is 69.0 Å². The van der Waals surface area contributed by atoms with E-state index in [-0.39, 0.29) is 170 Å². The average molecular weight is 1690 g/mol. The molecule has 0 aliphatic carbocycles. The Morgan fingerprint density at radius 3 is 1.19 bits per heavy atom. The fraction of sp³-hybridized carbons (Fsp3) is 0.444. The summed E-state index contributed by atoms with van der Waals surface area (Å²) in [5.41, 5.74) is 3.77. The number of carboxylic acids is 1. The standard InChI is InChI=1S/C53H65N5O13.C22H17N3O5.C10H16O3.C5H14N2.Na/c1-12-51(3,4)41(36(47(64)65)27-53(7,8)40-35(45(62)58(46(40)63)23-13-22-57(9)10)26-52(5,6)39-28(2)48(66)71-49(39)67)50(68)70-32-19-21-34(38(61)25-32)44-55-42(29-14-17-31(69-11)18-15-29)54-43(56-44)33-20-16-30(59)24-37(33)60;1-30-15-6-2-12(3-7-15)20-23-21(16-8-4-13(26)10-18(16)28)25-22(24-20)17-9-5-14(27)11-19(17)29;1-5-10(3,4)7-6(2)8(11)13-9(7)12;1-7(2)5-3-4-6;/h14-21,24-25,28,35-36,39-41,59-61H,12-13,22-23,26-27H2,1-11H3,(H,64,65);2-11,26-29H,1H3;6-7H,5H2,1-4H3;3-6H2,1-2H3;/q;;;;+1/p-1. The number of phenolic OH excluding ortho intramolecular Hbond substituents is 7. The van der Waals surface area contributed by atoms with Gasteiger partial charge in [-0.05, 0) is 192 Å². The predicted octanol–water partition coefficient (Wildman–Crippen LogP) is 8.41. The average Bonchev–Trinajstić information content (AvgIpc) is 1.58. The molecule has 3 fully saturated rings. The number of phenols is 7. The molecule has 32 heteroatoms. The molecule has 6 aromatic carbocycles. The van der Waals surface area contributed by atoms with Gasteiger partial charge in [0.2, 0.25) is 11.8 Å². The Kier molecular flexibility index (Phi) is 33.4. The van der Waals surface area contributed by atoms with E-state index < -0.39 is 93.2 Å². The maximum atomic E-state index is 14.6. The Morgan fingerprint density at radius 1 is 0.492 bits per heavy atom. The number of likely N-dealkylation sites (tertiary alicyclic amines) is 1. The van der Waals surface area contributed by atoms with Crippen LogP contribution in [0.5, 0.6) is 57.5 Å². The van der Waals surface area contributed by atoms with Crippen molar-refractivity contribution in [1.82, 2.24) is 44.6 Å². The van der Waals surface area contributed by atoms with E-state index in [1.54, 1.807) is 118 Å². The minimum atomic E-state index is -1.57. The van der Waals surface area contributed by atoms with Crippen LogP contribution in [0.25, 0.3) is 68.3 Å². The van der Waals surface area contributed by atoms with Crippen LogP contribution in [-0.4, -0.2) is 197 Å². The van der Waals surface area contributed by atoms with E-state index in [4.69, 9.17) is 24.7 Å². The molecule has 2 amide bonds. The van der Waals surface area contributed by atoms with Crippen LogP contribution in [0.1, 0.15) is 122 Å². The first-order chi connectivity index (χ1) is 56.8. The van der Waals surface area contributed by atoms with Gasteiger partial charge in [-0.3, -0.25) is 38.5 Å². The topological polar surface area (TPSA) is 460 Å². The molecule has 122 heavy (non-hydrogen) atoms. The number of nitrogens with two attached hydrogens (primary N) is 1. The number of hydrogen-bond acceptors (Lipinski definition) is 30.